The van der Waals surface area contributed by atoms with Gasteiger partial charge in [0.1, 0.15) is 30.1 Å². The van der Waals surface area contributed by atoms with E-state index in [0.29, 0.717) is 35.4 Å². The van der Waals surface area contributed by atoms with E-state index in [0.717, 1.165) is 17.2 Å². The third-order valence-electron chi connectivity index (χ3n) is 5.20. The average Bonchev–Trinajstić information content (AvgIpc) is 2.90. The molecule has 0 unspecified atom stereocenters. The van der Waals surface area contributed by atoms with Crippen LogP contribution in [0.2, 0.25) is 0 Å². The fourth-order valence-electron chi connectivity index (χ4n) is 3.59. The molecule has 0 aliphatic heterocycles. The lowest BCUT2D eigenvalue weighted by atomic mass is 9.98. The summed E-state index contributed by atoms with van der Waals surface area (Å²) in [6.45, 7) is -0.435. The summed E-state index contributed by atoms with van der Waals surface area (Å²) in [6, 6.07) is 13.7. The Kier molecular flexibility index (Phi) is 5.97. The van der Waals surface area contributed by atoms with E-state index >= 15 is 0 Å². The van der Waals surface area contributed by atoms with Crippen LogP contribution in [0.3, 0.4) is 0 Å². The number of hydrogen-bond donors (Lipinski definition) is 3. The number of carbonyl (C=O) groups excluding carboxylic acids is 1. The van der Waals surface area contributed by atoms with Crippen LogP contribution in [0.1, 0.15) is 27.0 Å². The highest BCUT2D eigenvalue weighted by Crippen LogP contribution is 2.30. The predicted molar refractivity (Wildman–Crippen MR) is 112 cm³/mol. The predicted octanol–water partition coefficient (Wildman–Crippen LogP) is 3.77. The number of fused-ring (bicyclic) bond motifs is 2. The number of aryl methyl sites for hydroxylation is 2. The van der Waals surface area contributed by atoms with Gasteiger partial charge in [-0.2, -0.15) is 0 Å². The summed E-state index contributed by atoms with van der Waals surface area (Å²) < 4.78 is 32.6. The van der Waals surface area contributed by atoms with Gasteiger partial charge in [0, 0.05) is 22.9 Å². The van der Waals surface area contributed by atoms with Crippen molar-refractivity contribution in [3.05, 3.63) is 88.5 Å². The highest BCUT2D eigenvalue weighted by atomic mass is 19.1. The second kappa shape index (κ2) is 8.83. The first-order chi connectivity index (χ1) is 14.9. The number of rotatable bonds is 6. The Morgan fingerprint density at radius 2 is 1.68 bits per heavy atom. The number of ether oxygens (including phenoxy) is 1. The van der Waals surface area contributed by atoms with Crippen LogP contribution in [0.5, 0.6) is 5.75 Å². The van der Waals surface area contributed by atoms with Crippen molar-refractivity contribution >= 4 is 17.2 Å². The molecule has 0 bridgehead atoms. The van der Waals surface area contributed by atoms with Crippen LogP contribution in [-0.4, -0.2) is 35.3 Å². The van der Waals surface area contributed by atoms with Crippen LogP contribution in [0.15, 0.2) is 54.6 Å². The third kappa shape index (κ3) is 4.57. The van der Waals surface area contributed by atoms with Crippen molar-refractivity contribution in [1.29, 1.82) is 0 Å². The van der Waals surface area contributed by atoms with Gasteiger partial charge in [-0.25, -0.2) is 8.78 Å². The maximum absolute atomic E-state index is 14.0. The van der Waals surface area contributed by atoms with Gasteiger partial charge in [0.25, 0.3) is 0 Å². The summed E-state index contributed by atoms with van der Waals surface area (Å²) in [7, 11) is 0. The Bertz CT molecular complexity index is 1130. The highest BCUT2D eigenvalue weighted by Gasteiger charge is 2.22. The number of ketones is 1. The van der Waals surface area contributed by atoms with Gasteiger partial charge < -0.3 is 20.3 Å². The van der Waals surface area contributed by atoms with Crippen molar-refractivity contribution < 1.29 is 28.5 Å². The second-order valence-corrected chi connectivity index (χ2v) is 7.42. The molecule has 0 saturated heterocycles. The molecule has 0 saturated carbocycles. The normalized spacial score (nSPS) is 13.7. The first kappa shape index (κ1) is 21.0. The third-order valence-corrected chi connectivity index (χ3v) is 5.20. The van der Waals surface area contributed by atoms with E-state index in [-0.39, 0.29) is 18.1 Å². The topological polar surface area (TPSA) is 78.8 Å². The van der Waals surface area contributed by atoms with Gasteiger partial charge in [-0.1, -0.05) is 0 Å². The van der Waals surface area contributed by atoms with Gasteiger partial charge in [-0.05, 0) is 72.5 Å². The molecule has 3 aromatic rings. The Balaban J connectivity index is 1.56. The van der Waals surface area contributed by atoms with E-state index in [2.05, 4.69) is 5.32 Å². The molecule has 5 nitrogen and oxygen atoms in total. The van der Waals surface area contributed by atoms with E-state index in [9.17, 15) is 18.7 Å². The molecule has 0 spiro atoms. The number of carbonyl (C=O) groups is 1. The van der Waals surface area contributed by atoms with Crippen molar-refractivity contribution in [2.45, 2.75) is 18.9 Å². The number of halogens is 2. The van der Waals surface area contributed by atoms with E-state index in [4.69, 9.17) is 9.84 Å². The van der Waals surface area contributed by atoms with Crippen LogP contribution in [-0.2, 0) is 12.8 Å². The molecule has 0 aromatic heterocycles. The lowest BCUT2D eigenvalue weighted by Crippen LogP contribution is -2.21. The van der Waals surface area contributed by atoms with Gasteiger partial charge in [-0.3, -0.25) is 4.79 Å². The van der Waals surface area contributed by atoms with Crippen molar-refractivity contribution in [3.8, 4) is 5.75 Å². The SMILES string of the molecule is O=C1c2ccc(Nc3ccc(F)cc3F)cc2CCc2cc(OC[C@H](O)CO)ccc21. The molecule has 4 rings (SSSR count). The van der Waals surface area contributed by atoms with E-state index in [1.807, 2.05) is 0 Å². The molecule has 160 valence electrons. The molecular formula is C24H21F2NO4. The van der Waals surface area contributed by atoms with Gasteiger partial charge in [0.15, 0.2) is 5.78 Å². The van der Waals surface area contributed by atoms with Crippen molar-refractivity contribution in [3.63, 3.8) is 0 Å². The van der Waals surface area contributed by atoms with Crippen LogP contribution >= 0.6 is 0 Å². The molecule has 0 fully saturated rings. The fourth-order valence-corrected chi connectivity index (χ4v) is 3.59. The Morgan fingerprint density at radius 1 is 0.968 bits per heavy atom. The van der Waals surface area contributed by atoms with Gasteiger partial charge in [-0.15, -0.1) is 0 Å². The number of anilines is 2. The molecule has 3 aromatic carbocycles. The molecule has 31 heavy (non-hydrogen) atoms. The van der Waals surface area contributed by atoms with E-state index < -0.39 is 24.3 Å². The molecule has 3 N–H and O–H groups in total. The number of nitrogens with one attached hydrogen (secondary N) is 1. The molecule has 0 amide bonds. The summed E-state index contributed by atoms with van der Waals surface area (Å²) in [4.78, 5) is 13.1. The second-order valence-electron chi connectivity index (χ2n) is 7.42. The number of aliphatic hydroxyl groups is 2. The minimum Gasteiger partial charge on any atom is -0.491 e. The molecule has 7 heteroatoms. The van der Waals surface area contributed by atoms with Crippen LogP contribution in [0.4, 0.5) is 20.2 Å². The zero-order valence-electron chi connectivity index (χ0n) is 16.6. The van der Waals surface area contributed by atoms with Crippen molar-refractivity contribution in [2.75, 3.05) is 18.5 Å². The maximum atomic E-state index is 14.0. The summed E-state index contributed by atoms with van der Waals surface area (Å²) in [5.74, 6) is -0.942. The summed E-state index contributed by atoms with van der Waals surface area (Å²) >= 11 is 0. The average molecular weight is 425 g/mol. The van der Waals surface area contributed by atoms with E-state index in [1.54, 1.807) is 36.4 Å². The zero-order valence-corrected chi connectivity index (χ0v) is 16.6. The molecule has 1 atom stereocenters. The first-order valence-electron chi connectivity index (χ1n) is 9.89. The first-order valence-corrected chi connectivity index (χ1v) is 9.89. The summed E-state index contributed by atoms with van der Waals surface area (Å²) in [5, 5.41) is 21.3. The van der Waals surface area contributed by atoms with Crippen LogP contribution in [0.25, 0.3) is 0 Å². The minimum absolute atomic E-state index is 0.0432. The van der Waals surface area contributed by atoms with Crippen molar-refractivity contribution in [2.24, 2.45) is 0 Å². The molecule has 1 aliphatic rings. The van der Waals surface area contributed by atoms with E-state index in [1.165, 1.54) is 12.1 Å². The largest absolute Gasteiger partial charge is 0.491 e. The van der Waals surface area contributed by atoms with Gasteiger partial charge >= 0.3 is 0 Å². The zero-order chi connectivity index (χ0) is 22.0. The lowest BCUT2D eigenvalue weighted by molar-refractivity contribution is 0.0536. The smallest absolute Gasteiger partial charge is 0.193 e. The van der Waals surface area contributed by atoms with Gasteiger partial charge in [0.2, 0.25) is 0 Å². The Hall–Kier alpha value is -3.29. The number of benzene rings is 3. The standard InChI is InChI=1S/C24H21F2NO4/c25-16-3-8-23(22(26)11-16)27-17-4-6-20-14(9-17)1-2-15-10-19(31-13-18(29)12-28)5-7-21(15)24(20)30/h3-11,18,27-29H,1-2,12-13H2/t18-/m1/s1. The number of hydrogen-bond acceptors (Lipinski definition) is 5. The minimum atomic E-state index is -0.971. The Morgan fingerprint density at radius 3 is 2.39 bits per heavy atom. The quantitative estimate of drug-likeness (QED) is 0.560. The Labute approximate surface area is 177 Å². The lowest BCUT2D eigenvalue weighted by Gasteiger charge is -2.12. The summed E-state index contributed by atoms with van der Waals surface area (Å²) in [5.41, 5.74) is 3.57. The highest BCUT2D eigenvalue weighted by molar-refractivity contribution is 6.11. The molecule has 0 radical (unpaired) electrons. The monoisotopic (exact) mass is 425 g/mol. The molecular weight excluding hydrogens is 404 g/mol. The van der Waals surface area contributed by atoms with Crippen molar-refractivity contribution in [1.82, 2.24) is 0 Å². The molecule has 1 aliphatic carbocycles. The summed E-state index contributed by atoms with van der Waals surface area (Å²) in [6.07, 6.45) is 0.224. The fraction of sp³-hybridized carbons (Fsp3) is 0.208. The van der Waals surface area contributed by atoms with Crippen LogP contribution in [0, 0.1) is 11.6 Å². The van der Waals surface area contributed by atoms with Crippen LogP contribution < -0.4 is 10.1 Å². The molecule has 0 heterocycles. The maximum Gasteiger partial charge on any atom is 0.193 e. The number of aliphatic hydroxyl groups excluding tert-OH is 2. The van der Waals surface area contributed by atoms with Gasteiger partial charge in [0.05, 0.1) is 12.3 Å².